The maximum absolute atomic E-state index is 12.3. The summed E-state index contributed by atoms with van der Waals surface area (Å²) in [5.74, 6) is 1.19. The van der Waals surface area contributed by atoms with Crippen molar-refractivity contribution in [1.82, 2.24) is 19.4 Å². The monoisotopic (exact) mass is 348 g/mol. The van der Waals surface area contributed by atoms with Crippen LogP contribution in [-0.4, -0.2) is 32.5 Å². The molecule has 2 aromatic heterocycles. The van der Waals surface area contributed by atoms with Crippen molar-refractivity contribution in [3.05, 3.63) is 64.9 Å². The summed E-state index contributed by atoms with van der Waals surface area (Å²) in [5.41, 5.74) is 3.58. The van der Waals surface area contributed by atoms with Crippen LogP contribution in [0.3, 0.4) is 0 Å². The summed E-state index contributed by atoms with van der Waals surface area (Å²) in [5, 5.41) is 0. The van der Waals surface area contributed by atoms with Crippen molar-refractivity contribution in [3.63, 3.8) is 0 Å². The van der Waals surface area contributed by atoms with Crippen molar-refractivity contribution < 1.29 is 4.42 Å². The normalized spacial score (nSPS) is 16.6. The molecular formula is C20H20N4O2. The quantitative estimate of drug-likeness (QED) is 0.617. The van der Waals surface area contributed by atoms with Gasteiger partial charge in [0.1, 0.15) is 5.52 Å². The van der Waals surface area contributed by atoms with Crippen molar-refractivity contribution in [2.24, 2.45) is 0 Å². The van der Waals surface area contributed by atoms with E-state index in [-0.39, 0.29) is 5.69 Å². The molecule has 1 aliphatic rings. The molecule has 4 aromatic rings. The summed E-state index contributed by atoms with van der Waals surface area (Å²) in [6.45, 7) is 2.47. The van der Waals surface area contributed by atoms with Crippen LogP contribution in [0.25, 0.3) is 22.1 Å². The number of aromatic amines is 1. The van der Waals surface area contributed by atoms with E-state index in [0.717, 1.165) is 54.0 Å². The Morgan fingerprint density at radius 3 is 2.69 bits per heavy atom. The molecule has 0 bridgehead atoms. The number of hydrogen-bond donors (Lipinski definition) is 1. The van der Waals surface area contributed by atoms with E-state index in [1.54, 1.807) is 0 Å². The molecule has 6 nitrogen and oxygen atoms in total. The molecule has 0 saturated carbocycles. The number of imidazole rings is 1. The summed E-state index contributed by atoms with van der Waals surface area (Å²) in [4.78, 5) is 22.1. The third kappa shape index (κ3) is 2.63. The lowest BCUT2D eigenvalue weighted by molar-refractivity contribution is 0.162. The molecule has 0 amide bonds. The first-order valence-electron chi connectivity index (χ1n) is 9.03. The highest BCUT2D eigenvalue weighted by Crippen LogP contribution is 2.30. The van der Waals surface area contributed by atoms with Gasteiger partial charge in [-0.3, -0.25) is 9.47 Å². The fourth-order valence-corrected chi connectivity index (χ4v) is 3.83. The Bertz CT molecular complexity index is 1080. The van der Waals surface area contributed by atoms with Crippen LogP contribution < -0.4 is 5.69 Å². The average Bonchev–Trinajstić information content (AvgIpc) is 3.24. The van der Waals surface area contributed by atoms with Crippen molar-refractivity contribution in [2.75, 3.05) is 13.1 Å². The molecule has 0 aliphatic carbocycles. The Labute approximate surface area is 150 Å². The fraction of sp³-hybridized carbons (Fsp3) is 0.300. The van der Waals surface area contributed by atoms with Crippen LogP contribution in [-0.2, 0) is 6.67 Å². The van der Waals surface area contributed by atoms with Crippen LogP contribution in [0, 0.1) is 0 Å². The zero-order chi connectivity index (χ0) is 17.5. The van der Waals surface area contributed by atoms with Gasteiger partial charge in [0, 0.05) is 19.0 Å². The Balaban J connectivity index is 1.31. The number of piperidine rings is 1. The Morgan fingerprint density at radius 2 is 1.85 bits per heavy atom. The molecule has 0 spiro atoms. The highest BCUT2D eigenvalue weighted by Gasteiger charge is 2.25. The number of fused-ring (bicyclic) bond motifs is 2. The largest absolute Gasteiger partial charge is 0.440 e. The smallest absolute Gasteiger partial charge is 0.327 e. The van der Waals surface area contributed by atoms with E-state index in [0.29, 0.717) is 12.6 Å². The second kappa shape index (κ2) is 6.14. The van der Waals surface area contributed by atoms with E-state index < -0.39 is 0 Å². The molecule has 0 unspecified atom stereocenters. The summed E-state index contributed by atoms with van der Waals surface area (Å²) < 4.78 is 7.75. The van der Waals surface area contributed by atoms with Crippen LogP contribution in [0.2, 0.25) is 0 Å². The maximum Gasteiger partial charge on any atom is 0.327 e. The molecule has 26 heavy (non-hydrogen) atoms. The standard InChI is InChI=1S/C20H20N4O2/c25-20-22-15-5-1-3-7-17(15)24(20)13-23-11-9-14(10-12-23)19-21-16-6-2-4-8-18(16)26-19/h1-8,14H,9-13H2,(H,22,25). The summed E-state index contributed by atoms with van der Waals surface area (Å²) in [6.07, 6.45) is 1.98. The number of para-hydroxylation sites is 4. The van der Waals surface area contributed by atoms with Crippen molar-refractivity contribution in [2.45, 2.75) is 25.4 Å². The third-order valence-electron chi connectivity index (χ3n) is 5.27. The highest BCUT2D eigenvalue weighted by atomic mass is 16.3. The van der Waals surface area contributed by atoms with Gasteiger partial charge in [-0.2, -0.15) is 0 Å². The number of rotatable bonds is 3. The summed E-state index contributed by atoms with van der Waals surface area (Å²) in [7, 11) is 0. The number of nitrogens with one attached hydrogen (secondary N) is 1. The van der Waals surface area contributed by atoms with Gasteiger partial charge in [0.25, 0.3) is 0 Å². The lowest BCUT2D eigenvalue weighted by Crippen LogP contribution is -2.37. The molecule has 0 atom stereocenters. The number of hydrogen-bond acceptors (Lipinski definition) is 4. The zero-order valence-electron chi connectivity index (χ0n) is 14.4. The van der Waals surface area contributed by atoms with Gasteiger partial charge < -0.3 is 9.40 Å². The van der Waals surface area contributed by atoms with Gasteiger partial charge >= 0.3 is 5.69 Å². The molecule has 1 saturated heterocycles. The predicted octanol–water partition coefficient (Wildman–Crippen LogP) is 3.31. The van der Waals surface area contributed by atoms with E-state index in [1.807, 2.05) is 53.1 Å². The first-order chi connectivity index (χ1) is 12.8. The molecule has 1 fully saturated rings. The van der Waals surface area contributed by atoms with Gasteiger partial charge in [0.2, 0.25) is 0 Å². The minimum atomic E-state index is -0.0488. The molecule has 3 heterocycles. The first kappa shape index (κ1) is 15.4. The Kier molecular flexibility index (Phi) is 3.64. The average molecular weight is 348 g/mol. The predicted molar refractivity (Wildman–Crippen MR) is 100 cm³/mol. The van der Waals surface area contributed by atoms with E-state index in [2.05, 4.69) is 14.9 Å². The van der Waals surface area contributed by atoms with E-state index in [9.17, 15) is 4.79 Å². The lowest BCUT2D eigenvalue weighted by atomic mass is 9.97. The number of H-pyrrole nitrogens is 1. The minimum Gasteiger partial charge on any atom is -0.440 e. The fourth-order valence-electron chi connectivity index (χ4n) is 3.83. The minimum absolute atomic E-state index is 0.0488. The first-order valence-corrected chi connectivity index (χ1v) is 9.03. The Morgan fingerprint density at radius 1 is 1.08 bits per heavy atom. The molecule has 132 valence electrons. The van der Waals surface area contributed by atoms with Crippen LogP contribution >= 0.6 is 0 Å². The van der Waals surface area contributed by atoms with Gasteiger partial charge in [-0.15, -0.1) is 0 Å². The van der Waals surface area contributed by atoms with Crippen molar-refractivity contribution in [3.8, 4) is 0 Å². The molecule has 1 aliphatic heterocycles. The van der Waals surface area contributed by atoms with E-state index >= 15 is 0 Å². The van der Waals surface area contributed by atoms with Gasteiger partial charge in [-0.1, -0.05) is 24.3 Å². The van der Waals surface area contributed by atoms with E-state index in [4.69, 9.17) is 4.42 Å². The number of likely N-dealkylation sites (tertiary alicyclic amines) is 1. The Hall–Kier alpha value is -2.86. The van der Waals surface area contributed by atoms with Crippen LogP contribution in [0.5, 0.6) is 0 Å². The van der Waals surface area contributed by atoms with Gasteiger partial charge in [-0.05, 0) is 37.1 Å². The molecular weight excluding hydrogens is 328 g/mol. The zero-order valence-corrected chi connectivity index (χ0v) is 14.4. The number of oxazole rings is 1. The van der Waals surface area contributed by atoms with Gasteiger partial charge in [0.15, 0.2) is 11.5 Å². The van der Waals surface area contributed by atoms with Crippen LogP contribution in [0.1, 0.15) is 24.7 Å². The van der Waals surface area contributed by atoms with Gasteiger partial charge in [0.05, 0.1) is 17.7 Å². The molecule has 5 rings (SSSR count). The molecule has 0 radical (unpaired) electrons. The lowest BCUT2D eigenvalue weighted by Gasteiger charge is -2.30. The SMILES string of the molecule is O=c1[nH]c2ccccc2n1CN1CCC(c2nc3ccccc3o2)CC1. The molecule has 2 aromatic carbocycles. The van der Waals surface area contributed by atoms with Gasteiger partial charge in [-0.25, -0.2) is 9.78 Å². The maximum atomic E-state index is 12.3. The van der Waals surface area contributed by atoms with Crippen LogP contribution in [0.15, 0.2) is 57.7 Å². The highest BCUT2D eigenvalue weighted by molar-refractivity contribution is 5.75. The number of benzene rings is 2. The van der Waals surface area contributed by atoms with Crippen molar-refractivity contribution >= 4 is 22.1 Å². The van der Waals surface area contributed by atoms with E-state index in [1.165, 1.54) is 0 Å². The second-order valence-electron chi connectivity index (χ2n) is 6.93. The van der Waals surface area contributed by atoms with Crippen LogP contribution in [0.4, 0.5) is 0 Å². The summed E-state index contributed by atoms with van der Waals surface area (Å²) in [6, 6.07) is 15.7. The number of nitrogens with zero attached hydrogens (tertiary/aromatic N) is 3. The number of aromatic nitrogens is 3. The topological polar surface area (TPSA) is 67.1 Å². The molecule has 1 N–H and O–H groups in total. The summed E-state index contributed by atoms with van der Waals surface area (Å²) >= 11 is 0. The second-order valence-corrected chi connectivity index (χ2v) is 6.93. The third-order valence-corrected chi connectivity index (χ3v) is 5.27. The molecule has 6 heteroatoms. The van der Waals surface area contributed by atoms with Crippen molar-refractivity contribution in [1.29, 1.82) is 0 Å².